The molecule has 0 spiro atoms. The van der Waals surface area contributed by atoms with Gasteiger partial charge < -0.3 is 0 Å². The fourth-order valence-corrected chi connectivity index (χ4v) is 2.24. The monoisotopic (exact) mass is 225 g/mol. The first kappa shape index (κ1) is 8.24. The van der Waals surface area contributed by atoms with Gasteiger partial charge in [-0.2, -0.15) is 0 Å². The molecule has 0 N–H and O–H groups in total. The Bertz CT molecular complexity index is 331. The molecule has 0 bridgehead atoms. The largest absolute Gasteiger partial charge is 0.257 e. The molecule has 0 aliphatic heterocycles. The van der Waals surface area contributed by atoms with Gasteiger partial charge in [-0.3, -0.25) is 4.98 Å². The van der Waals surface area contributed by atoms with Gasteiger partial charge in [-0.25, -0.2) is 0 Å². The Morgan fingerprint density at radius 3 is 2.75 bits per heavy atom. The van der Waals surface area contributed by atoms with Gasteiger partial charge in [-0.1, -0.05) is 0 Å². The highest BCUT2D eigenvalue weighted by Crippen LogP contribution is 2.30. The second-order valence-electron chi connectivity index (χ2n) is 3.41. The van der Waals surface area contributed by atoms with E-state index in [0.29, 0.717) is 0 Å². The van der Waals surface area contributed by atoms with Crippen molar-refractivity contribution in [3.05, 3.63) is 27.0 Å². The van der Waals surface area contributed by atoms with E-state index in [2.05, 4.69) is 34.8 Å². The first-order valence-corrected chi connectivity index (χ1v) is 5.14. The standard InChI is InChI=1S/C10H12BrN/c1-6-8-4-3-5-9(8)12-7(2)10(6)11/h3-5H2,1-2H3. The Kier molecular flexibility index (Phi) is 1.95. The molecule has 0 radical (unpaired) electrons. The van der Waals surface area contributed by atoms with E-state index in [0.717, 1.165) is 5.69 Å². The summed E-state index contributed by atoms with van der Waals surface area (Å²) in [5, 5.41) is 0. The Labute approximate surface area is 81.3 Å². The predicted molar refractivity (Wildman–Crippen MR) is 53.4 cm³/mol. The first-order valence-electron chi connectivity index (χ1n) is 4.34. The van der Waals surface area contributed by atoms with Crippen LogP contribution in [0.1, 0.15) is 28.9 Å². The van der Waals surface area contributed by atoms with Crippen LogP contribution >= 0.6 is 15.9 Å². The lowest BCUT2D eigenvalue weighted by atomic mass is 10.1. The van der Waals surface area contributed by atoms with Gasteiger partial charge in [0.05, 0.1) is 5.69 Å². The molecular weight excluding hydrogens is 214 g/mol. The summed E-state index contributed by atoms with van der Waals surface area (Å²) in [5.74, 6) is 0. The van der Waals surface area contributed by atoms with Crippen LogP contribution in [0.5, 0.6) is 0 Å². The van der Waals surface area contributed by atoms with E-state index in [9.17, 15) is 0 Å². The quantitative estimate of drug-likeness (QED) is 0.662. The highest BCUT2D eigenvalue weighted by atomic mass is 79.9. The number of hydrogen-bond donors (Lipinski definition) is 0. The molecule has 0 unspecified atom stereocenters. The number of hydrogen-bond acceptors (Lipinski definition) is 1. The van der Waals surface area contributed by atoms with E-state index in [1.54, 1.807) is 0 Å². The summed E-state index contributed by atoms with van der Waals surface area (Å²) in [6.07, 6.45) is 3.66. The van der Waals surface area contributed by atoms with Gasteiger partial charge in [-0.15, -0.1) is 0 Å². The second-order valence-corrected chi connectivity index (χ2v) is 4.21. The molecule has 2 heteroatoms. The number of halogens is 1. The van der Waals surface area contributed by atoms with Gasteiger partial charge in [0.2, 0.25) is 0 Å². The molecule has 1 aliphatic rings. The number of aryl methyl sites for hydroxylation is 2. The Balaban J connectivity index is 2.67. The third kappa shape index (κ3) is 1.09. The van der Waals surface area contributed by atoms with Crippen molar-refractivity contribution in [3.63, 3.8) is 0 Å². The van der Waals surface area contributed by atoms with E-state index in [4.69, 9.17) is 0 Å². The molecule has 0 amide bonds. The van der Waals surface area contributed by atoms with Crippen molar-refractivity contribution in [3.8, 4) is 0 Å². The lowest BCUT2D eigenvalue weighted by molar-refractivity contribution is 0.896. The molecular formula is C10H12BrN. The molecule has 1 heterocycles. The summed E-state index contributed by atoms with van der Waals surface area (Å²) in [6.45, 7) is 4.25. The van der Waals surface area contributed by atoms with Gasteiger partial charge >= 0.3 is 0 Å². The van der Waals surface area contributed by atoms with Crippen LogP contribution in [0.2, 0.25) is 0 Å². The Hall–Kier alpha value is -0.370. The van der Waals surface area contributed by atoms with Crippen molar-refractivity contribution in [2.24, 2.45) is 0 Å². The maximum Gasteiger partial charge on any atom is 0.0520 e. The van der Waals surface area contributed by atoms with Crippen LogP contribution in [0.25, 0.3) is 0 Å². The number of aromatic nitrogens is 1. The predicted octanol–water partition coefficient (Wildman–Crippen LogP) is 2.95. The average Bonchev–Trinajstić information content (AvgIpc) is 2.48. The molecule has 0 saturated carbocycles. The molecule has 0 fully saturated rings. The SMILES string of the molecule is Cc1nc2c(c(C)c1Br)CCC2. The minimum Gasteiger partial charge on any atom is -0.257 e. The molecule has 2 rings (SSSR count). The molecule has 0 saturated heterocycles. The maximum atomic E-state index is 4.57. The summed E-state index contributed by atoms with van der Waals surface area (Å²) in [7, 11) is 0. The van der Waals surface area contributed by atoms with Gasteiger partial charge in [0.15, 0.2) is 0 Å². The highest BCUT2D eigenvalue weighted by molar-refractivity contribution is 9.10. The molecule has 12 heavy (non-hydrogen) atoms. The van der Waals surface area contributed by atoms with E-state index in [-0.39, 0.29) is 0 Å². The molecule has 1 aliphatic carbocycles. The average molecular weight is 226 g/mol. The normalized spacial score (nSPS) is 14.9. The fraction of sp³-hybridized carbons (Fsp3) is 0.500. The second kappa shape index (κ2) is 2.84. The van der Waals surface area contributed by atoms with Crippen LogP contribution in [-0.4, -0.2) is 4.98 Å². The van der Waals surface area contributed by atoms with Crippen molar-refractivity contribution in [2.45, 2.75) is 33.1 Å². The van der Waals surface area contributed by atoms with Gasteiger partial charge in [0.1, 0.15) is 0 Å². The maximum absolute atomic E-state index is 4.57. The van der Waals surface area contributed by atoms with Crippen LogP contribution in [0.4, 0.5) is 0 Å². The summed E-state index contributed by atoms with van der Waals surface area (Å²) in [6, 6.07) is 0. The minimum absolute atomic E-state index is 1.13. The van der Waals surface area contributed by atoms with Gasteiger partial charge in [-0.05, 0) is 60.2 Å². The Morgan fingerprint density at radius 1 is 1.25 bits per heavy atom. The lowest BCUT2D eigenvalue weighted by Gasteiger charge is -2.07. The van der Waals surface area contributed by atoms with E-state index in [1.807, 2.05) is 0 Å². The third-order valence-electron chi connectivity index (χ3n) is 2.59. The van der Waals surface area contributed by atoms with E-state index >= 15 is 0 Å². The smallest absolute Gasteiger partial charge is 0.0520 e. The molecule has 0 aromatic carbocycles. The topological polar surface area (TPSA) is 12.9 Å². The van der Waals surface area contributed by atoms with Crippen LogP contribution in [0.15, 0.2) is 4.47 Å². The van der Waals surface area contributed by atoms with Crippen LogP contribution in [-0.2, 0) is 12.8 Å². The van der Waals surface area contributed by atoms with E-state index < -0.39 is 0 Å². The van der Waals surface area contributed by atoms with Crippen molar-refractivity contribution in [1.29, 1.82) is 0 Å². The third-order valence-corrected chi connectivity index (χ3v) is 3.76. The molecule has 1 aromatic rings. The first-order chi connectivity index (χ1) is 5.70. The minimum atomic E-state index is 1.13. The zero-order valence-corrected chi connectivity index (χ0v) is 9.03. The number of nitrogens with zero attached hydrogens (tertiary/aromatic N) is 1. The van der Waals surface area contributed by atoms with Crippen LogP contribution in [0, 0.1) is 13.8 Å². The summed E-state index contributed by atoms with van der Waals surface area (Å²) >= 11 is 3.57. The van der Waals surface area contributed by atoms with Gasteiger partial charge in [0, 0.05) is 10.2 Å². The summed E-state index contributed by atoms with van der Waals surface area (Å²) in [4.78, 5) is 4.57. The van der Waals surface area contributed by atoms with Gasteiger partial charge in [0.25, 0.3) is 0 Å². The zero-order chi connectivity index (χ0) is 8.72. The van der Waals surface area contributed by atoms with Crippen LogP contribution < -0.4 is 0 Å². The highest BCUT2D eigenvalue weighted by Gasteiger charge is 2.17. The van der Waals surface area contributed by atoms with Crippen molar-refractivity contribution >= 4 is 15.9 Å². The Morgan fingerprint density at radius 2 is 2.00 bits per heavy atom. The van der Waals surface area contributed by atoms with E-state index in [1.165, 1.54) is 40.6 Å². The summed E-state index contributed by atoms with van der Waals surface area (Å²) < 4.78 is 1.20. The van der Waals surface area contributed by atoms with Crippen LogP contribution in [0.3, 0.4) is 0 Å². The zero-order valence-electron chi connectivity index (χ0n) is 7.45. The fourth-order valence-electron chi connectivity index (χ4n) is 1.91. The molecule has 0 atom stereocenters. The number of rotatable bonds is 0. The number of pyridine rings is 1. The van der Waals surface area contributed by atoms with Crippen molar-refractivity contribution < 1.29 is 0 Å². The molecule has 64 valence electrons. The summed E-state index contributed by atoms with van der Waals surface area (Å²) in [5.41, 5.74) is 5.34. The molecule has 1 aromatic heterocycles. The lowest BCUT2D eigenvalue weighted by Crippen LogP contribution is -1.96. The van der Waals surface area contributed by atoms with Crippen molar-refractivity contribution in [2.75, 3.05) is 0 Å². The molecule has 1 nitrogen and oxygen atoms in total. The number of fused-ring (bicyclic) bond motifs is 1. The van der Waals surface area contributed by atoms with Crippen molar-refractivity contribution in [1.82, 2.24) is 4.98 Å².